The van der Waals surface area contributed by atoms with Gasteiger partial charge >= 0.3 is 0 Å². The molecule has 0 saturated heterocycles. The van der Waals surface area contributed by atoms with Crippen LogP contribution in [0.5, 0.6) is 5.75 Å². The largest absolute Gasteiger partial charge is 0.486 e. The average Bonchev–Trinajstić information content (AvgIpc) is 2.72. The van der Waals surface area contributed by atoms with Gasteiger partial charge in [-0.25, -0.2) is 4.63 Å². The predicted molar refractivity (Wildman–Crippen MR) is 67.5 cm³/mol. The molecular formula is C12H11BrN2O3. The summed E-state index contributed by atoms with van der Waals surface area (Å²) in [5, 5.41) is 7.38. The number of hydrogen-bond acceptors (Lipinski definition) is 5. The molecule has 0 amide bonds. The summed E-state index contributed by atoms with van der Waals surface area (Å²) in [6, 6.07) is 5.27. The van der Waals surface area contributed by atoms with Crippen molar-refractivity contribution in [2.24, 2.45) is 0 Å². The second-order valence-electron chi connectivity index (χ2n) is 3.78. The van der Waals surface area contributed by atoms with Crippen LogP contribution in [-0.4, -0.2) is 16.1 Å². The first-order valence-corrected chi connectivity index (χ1v) is 6.08. The molecule has 18 heavy (non-hydrogen) atoms. The van der Waals surface area contributed by atoms with Gasteiger partial charge in [0.2, 0.25) is 0 Å². The quantitative estimate of drug-likeness (QED) is 0.812. The number of aryl methyl sites for hydroxylation is 1. The van der Waals surface area contributed by atoms with Crippen molar-refractivity contribution in [3.05, 3.63) is 39.6 Å². The lowest BCUT2D eigenvalue weighted by atomic mass is 10.1. The highest BCUT2D eigenvalue weighted by atomic mass is 79.9. The number of Topliss-reactive ketones (excluding diaryl/α,β-unsaturated/α-hetero) is 1. The summed E-state index contributed by atoms with van der Waals surface area (Å²) in [6.45, 7) is 3.49. The van der Waals surface area contributed by atoms with Crippen molar-refractivity contribution < 1.29 is 14.2 Å². The monoisotopic (exact) mass is 310 g/mol. The summed E-state index contributed by atoms with van der Waals surface area (Å²) in [4.78, 5) is 11.5. The molecule has 0 aliphatic heterocycles. The first-order valence-electron chi connectivity index (χ1n) is 5.29. The Balaban J connectivity index is 2.20. The maximum absolute atomic E-state index is 11.5. The van der Waals surface area contributed by atoms with Gasteiger partial charge in [0.1, 0.15) is 23.7 Å². The Morgan fingerprint density at radius 2 is 2.22 bits per heavy atom. The van der Waals surface area contributed by atoms with Gasteiger partial charge in [0.25, 0.3) is 0 Å². The molecule has 2 aromatic rings. The Morgan fingerprint density at radius 3 is 2.83 bits per heavy atom. The smallest absolute Gasteiger partial charge is 0.163 e. The molecule has 0 atom stereocenters. The Kier molecular flexibility index (Phi) is 3.76. The molecule has 0 spiro atoms. The third-order valence-corrected chi connectivity index (χ3v) is 2.93. The van der Waals surface area contributed by atoms with Crippen LogP contribution in [0, 0.1) is 6.92 Å². The molecule has 6 heteroatoms. The summed E-state index contributed by atoms with van der Waals surface area (Å²) in [5.74, 6) is 0.465. The van der Waals surface area contributed by atoms with E-state index in [2.05, 4.69) is 30.9 Å². The van der Waals surface area contributed by atoms with Crippen LogP contribution in [-0.2, 0) is 6.61 Å². The second-order valence-corrected chi connectivity index (χ2v) is 4.70. The van der Waals surface area contributed by atoms with E-state index in [-0.39, 0.29) is 12.4 Å². The molecule has 94 valence electrons. The molecule has 0 bridgehead atoms. The maximum Gasteiger partial charge on any atom is 0.163 e. The molecule has 5 nitrogen and oxygen atoms in total. The summed E-state index contributed by atoms with van der Waals surface area (Å²) in [6.07, 6.45) is 0. The summed E-state index contributed by atoms with van der Waals surface area (Å²) in [7, 11) is 0. The van der Waals surface area contributed by atoms with Crippen LogP contribution in [0.3, 0.4) is 0 Å². The maximum atomic E-state index is 11.5. The number of aromatic nitrogens is 2. The van der Waals surface area contributed by atoms with Crippen molar-refractivity contribution in [2.45, 2.75) is 20.5 Å². The zero-order valence-corrected chi connectivity index (χ0v) is 11.5. The summed E-state index contributed by atoms with van der Waals surface area (Å²) < 4.78 is 11.0. The van der Waals surface area contributed by atoms with Gasteiger partial charge in [-0.3, -0.25) is 4.79 Å². The van der Waals surface area contributed by atoms with Crippen LogP contribution in [0.4, 0.5) is 0 Å². The number of hydrogen-bond donors (Lipinski definition) is 0. The Bertz CT molecular complexity index is 580. The fourth-order valence-electron chi connectivity index (χ4n) is 1.43. The van der Waals surface area contributed by atoms with Gasteiger partial charge in [-0.1, -0.05) is 26.2 Å². The van der Waals surface area contributed by atoms with Crippen molar-refractivity contribution in [2.75, 3.05) is 0 Å². The van der Waals surface area contributed by atoms with E-state index in [0.29, 0.717) is 22.7 Å². The standard InChI is InChI=1S/C12H11BrN2O3/c1-7-11(15-18-14-7)6-17-12-5-9(13)3-4-10(12)8(2)16/h3-5H,6H2,1-2H3. The average molecular weight is 311 g/mol. The van der Waals surface area contributed by atoms with Crippen molar-refractivity contribution >= 4 is 21.7 Å². The molecular weight excluding hydrogens is 300 g/mol. The van der Waals surface area contributed by atoms with E-state index >= 15 is 0 Å². The predicted octanol–water partition coefficient (Wildman–Crippen LogP) is 2.92. The number of carbonyl (C=O) groups excluding carboxylic acids is 1. The van der Waals surface area contributed by atoms with Gasteiger partial charge < -0.3 is 4.74 Å². The van der Waals surface area contributed by atoms with Crippen molar-refractivity contribution in [3.8, 4) is 5.75 Å². The molecule has 2 rings (SSSR count). The third kappa shape index (κ3) is 2.76. The molecule has 1 aromatic heterocycles. The summed E-state index contributed by atoms with van der Waals surface area (Å²) >= 11 is 3.34. The van der Waals surface area contributed by atoms with E-state index < -0.39 is 0 Å². The Morgan fingerprint density at radius 1 is 1.44 bits per heavy atom. The zero-order valence-electron chi connectivity index (χ0n) is 9.94. The van der Waals surface area contributed by atoms with Crippen LogP contribution in [0.2, 0.25) is 0 Å². The zero-order chi connectivity index (χ0) is 13.1. The first-order chi connectivity index (χ1) is 8.58. The highest BCUT2D eigenvalue weighted by Gasteiger charge is 2.11. The second kappa shape index (κ2) is 5.30. The molecule has 0 aliphatic rings. The topological polar surface area (TPSA) is 65.2 Å². The highest BCUT2D eigenvalue weighted by Crippen LogP contribution is 2.25. The van der Waals surface area contributed by atoms with E-state index in [9.17, 15) is 4.79 Å². The first kappa shape index (κ1) is 12.8. The van der Waals surface area contributed by atoms with Gasteiger partial charge in [-0.15, -0.1) is 0 Å². The lowest BCUT2D eigenvalue weighted by Gasteiger charge is -2.08. The normalized spacial score (nSPS) is 10.4. The van der Waals surface area contributed by atoms with Gasteiger partial charge in [0.15, 0.2) is 5.78 Å². The minimum absolute atomic E-state index is 0.0486. The highest BCUT2D eigenvalue weighted by molar-refractivity contribution is 9.10. The van der Waals surface area contributed by atoms with E-state index in [1.54, 1.807) is 25.1 Å². The number of rotatable bonds is 4. The molecule has 0 N–H and O–H groups in total. The lowest BCUT2D eigenvalue weighted by molar-refractivity contribution is 0.101. The van der Waals surface area contributed by atoms with Gasteiger partial charge in [0.05, 0.1) is 5.56 Å². The molecule has 0 aliphatic carbocycles. The third-order valence-electron chi connectivity index (χ3n) is 2.43. The molecule has 1 aromatic carbocycles. The van der Waals surface area contributed by atoms with Crippen molar-refractivity contribution in [1.29, 1.82) is 0 Å². The van der Waals surface area contributed by atoms with Crippen LogP contribution in [0.25, 0.3) is 0 Å². The SMILES string of the molecule is CC(=O)c1ccc(Br)cc1OCc1nonc1C. The van der Waals surface area contributed by atoms with Gasteiger partial charge in [-0.2, -0.15) is 0 Å². The molecule has 0 saturated carbocycles. The minimum atomic E-state index is -0.0486. The Hall–Kier alpha value is -1.69. The van der Waals surface area contributed by atoms with E-state index in [1.165, 1.54) is 6.92 Å². The lowest BCUT2D eigenvalue weighted by Crippen LogP contribution is -2.02. The molecule has 1 heterocycles. The fourth-order valence-corrected chi connectivity index (χ4v) is 1.77. The number of ketones is 1. The summed E-state index contributed by atoms with van der Waals surface area (Å²) in [5.41, 5.74) is 1.83. The van der Waals surface area contributed by atoms with Crippen LogP contribution in [0.15, 0.2) is 27.3 Å². The Labute approximate surface area is 112 Å². The van der Waals surface area contributed by atoms with Crippen LogP contribution < -0.4 is 4.74 Å². The molecule has 0 radical (unpaired) electrons. The van der Waals surface area contributed by atoms with E-state index in [4.69, 9.17) is 4.74 Å². The number of ether oxygens (including phenoxy) is 1. The number of halogens is 1. The van der Waals surface area contributed by atoms with E-state index in [1.807, 2.05) is 0 Å². The number of carbonyl (C=O) groups is 1. The minimum Gasteiger partial charge on any atom is -0.486 e. The van der Waals surface area contributed by atoms with Gasteiger partial charge in [-0.05, 0) is 32.0 Å². The number of nitrogens with zero attached hydrogens (tertiary/aromatic N) is 2. The molecule has 0 fully saturated rings. The fraction of sp³-hybridized carbons (Fsp3) is 0.250. The number of benzene rings is 1. The van der Waals surface area contributed by atoms with Crippen molar-refractivity contribution in [1.82, 2.24) is 10.3 Å². The van der Waals surface area contributed by atoms with Crippen LogP contribution in [0.1, 0.15) is 28.7 Å². The molecule has 0 unspecified atom stereocenters. The van der Waals surface area contributed by atoms with Crippen molar-refractivity contribution in [3.63, 3.8) is 0 Å². The van der Waals surface area contributed by atoms with E-state index in [0.717, 1.165) is 4.47 Å². The van der Waals surface area contributed by atoms with Crippen LogP contribution >= 0.6 is 15.9 Å². The van der Waals surface area contributed by atoms with Gasteiger partial charge in [0, 0.05) is 4.47 Å².